The Hall–Kier alpha value is -5.84. The first kappa shape index (κ1) is 32.1. The van der Waals surface area contributed by atoms with Gasteiger partial charge in [0.15, 0.2) is 0 Å². The van der Waals surface area contributed by atoms with E-state index < -0.39 is 0 Å². The van der Waals surface area contributed by atoms with Gasteiger partial charge in [-0.3, -0.25) is 15.0 Å². The summed E-state index contributed by atoms with van der Waals surface area (Å²) in [6.07, 6.45) is 11.4. The topological polar surface area (TPSA) is 56.7 Å². The third-order valence-corrected chi connectivity index (χ3v) is 10.3. The number of benzene rings is 5. The Balaban J connectivity index is 0.00000360. The van der Waals surface area contributed by atoms with Crippen LogP contribution in [0.2, 0.25) is 0 Å². The van der Waals surface area contributed by atoms with Gasteiger partial charge in [0.1, 0.15) is 0 Å². The van der Waals surface area contributed by atoms with Crippen molar-refractivity contribution in [1.29, 1.82) is 0 Å². The van der Waals surface area contributed by atoms with Crippen molar-refractivity contribution in [2.24, 2.45) is 0 Å². The minimum atomic E-state index is 0. The van der Waals surface area contributed by atoms with Crippen molar-refractivity contribution in [3.05, 3.63) is 150 Å². The molecule has 5 aromatic carbocycles. The molecule has 10 rings (SSSR count). The zero-order valence-electron chi connectivity index (χ0n) is 28.9. The summed E-state index contributed by atoms with van der Waals surface area (Å²) in [7, 11) is 0. The van der Waals surface area contributed by atoms with Gasteiger partial charge in [-0.2, -0.15) is 0 Å². The maximum atomic E-state index is 6.55. The zero-order chi connectivity index (χ0) is 34.4. The van der Waals surface area contributed by atoms with Crippen molar-refractivity contribution < 1.29 is 25.8 Å². The second kappa shape index (κ2) is 12.1. The summed E-state index contributed by atoms with van der Waals surface area (Å²) in [5.74, 6) is 1.18. The van der Waals surface area contributed by atoms with Crippen LogP contribution < -0.4 is 4.74 Å². The SMILES string of the molecule is Cc1cccc(C)c1-c1ccc(-c2c(C)cccc2C)c2c1c1ccc(Oc3[c-]c4c(cc3)c3ccncc3n3ccnc43)[c-]c1c1nccn12.[Pt+2]. The molecule has 0 aliphatic rings. The van der Waals surface area contributed by atoms with E-state index in [9.17, 15) is 0 Å². The number of aromatic nitrogens is 5. The number of ether oxygens (including phenoxy) is 1. The summed E-state index contributed by atoms with van der Waals surface area (Å²) in [5, 5.41) is 6.14. The van der Waals surface area contributed by atoms with Crippen LogP contribution in [0.1, 0.15) is 22.3 Å². The molecule has 0 aliphatic heterocycles. The van der Waals surface area contributed by atoms with Gasteiger partial charge in [-0.25, -0.2) is 0 Å². The monoisotopic (exact) mass is 852 g/mol. The minimum Gasteiger partial charge on any atom is -0.497 e. The van der Waals surface area contributed by atoms with E-state index in [0.29, 0.717) is 11.5 Å². The quantitative estimate of drug-likeness (QED) is 0.131. The number of imidazole rings is 2. The molecule has 0 bridgehead atoms. The Morgan fingerprint density at radius 2 is 1.12 bits per heavy atom. The number of aryl methyl sites for hydroxylation is 4. The van der Waals surface area contributed by atoms with Crippen LogP contribution in [-0.4, -0.2) is 23.8 Å². The van der Waals surface area contributed by atoms with Crippen LogP contribution in [0, 0.1) is 39.8 Å². The molecule has 10 aromatic rings. The fourth-order valence-electron chi connectivity index (χ4n) is 8.13. The summed E-state index contributed by atoms with van der Waals surface area (Å²) in [4.78, 5) is 13.9. The molecule has 0 radical (unpaired) electrons. The predicted octanol–water partition coefficient (Wildman–Crippen LogP) is 10.9. The van der Waals surface area contributed by atoms with E-state index >= 15 is 0 Å². The Kier molecular flexibility index (Phi) is 7.49. The predicted molar refractivity (Wildman–Crippen MR) is 206 cm³/mol. The summed E-state index contributed by atoms with van der Waals surface area (Å²) >= 11 is 0. The summed E-state index contributed by atoms with van der Waals surface area (Å²) in [6, 6.07) is 35.0. The van der Waals surface area contributed by atoms with Gasteiger partial charge in [-0.15, -0.1) is 12.1 Å². The molecule has 0 spiro atoms. The van der Waals surface area contributed by atoms with E-state index in [1.54, 1.807) is 6.20 Å². The number of pyridine rings is 3. The van der Waals surface area contributed by atoms with E-state index in [-0.39, 0.29) is 21.1 Å². The maximum Gasteiger partial charge on any atom is 2.00 e. The van der Waals surface area contributed by atoms with Crippen LogP contribution in [0.5, 0.6) is 11.5 Å². The van der Waals surface area contributed by atoms with Crippen molar-refractivity contribution in [3.8, 4) is 33.8 Å². The summed E-state index contributed by atoms with van der Waals surface area (Å²) in [6.45, 7) is 8.78. The molecule has 0 unspecified atom stereocenters. The standard InChI is InChI=1S/C45H31N5O.Pt/c1-26-7-5-8-27(2)40(26)35-15-16-36(41-28(3)9-6-10-29(41)4)43-42(35)34-14-12-31(24-38(34)45-48-20-22-50(43)45)51-30-11-13-32-33-17-18-46-25-39(33)49-21-19-47-44(49)37(32)23-30;/h5-22,25H,1-4H3;/q-2;+2. The molecule has 0 N–H and O–H groups in total. The molecule has 0 aliphatic carbocycles. The van der Waals surface area contributed by atoms with Gasteiger partial charge in [0.2, 0.25) is 0 Å². The van der Waals surface area contributed by atoms with E-state index in [1.807, 2.05) is 47.4 Å². The van der Waals surface area contributed by atoms with Gasteiger partial charge in [-0.05, 0) is 83.5 Å². The largest absolute Gasteiger partial charge is 2.00 e. The first-order valence-electron chi connectivity index (χ1n) is 17.1. The second-order valence-electron chi connectivity index (χ2n) is 13.4. The molecule has 0 atom stereocenters. The van der Waals surface area contributed by atoms with Crippen LogP contribution in [0.25, 0.3) is 76.9 Å². The smallest absolute Gasteiger partial charge is 0.497 e. The Morgan fingerprint density at radius 1 is 0.558 bits per heavy atom. The van der Waals surface area contributed by atoms with Gasteiger partial charge in [-0.1, -0.05) is 94.3 Å². The average molecular weight is 853 g/mol. The molecular weight excluding hydrogens is 822 g/mol. The maximum absolute atomic E-state index is 6.55. The number of hydrogen-bond donors (Lipinski definition) is 0. The summed E-state index contributed by atoms with van der Waals surface area (Å²) < 4.78 is 10.8. The van der Waals surface area contributed by atoms with Crippen LogP contribution >= 0.6 is 0 Å². The van der Waals surface area contributed by atoms with Crippen LogP contribution in [0.4, 0.5) is 0 Å². The van der Waals surface area contributed by atoms with E-state index in [2.05, 4.69) is 121 Å². The average Bonchev–Trinajstić information content (AvgIpc) is 3.84. The van der Waals surface area contributed by atoms with E-state index in [0.717, 1.165) is 54.6 Å². The third kappa shape index (κ3) is 4.71. The van der Waals surface area contributed by atoms with Crippen molar-refractivity contribution in [2.75, 3.05) is 0 Å². The molecule has 252 valence electrons. The molecule has 7 heteroatoms. The van der Waals surface area contributed by atoms with Crippen molar-refractivity contribution in [3.63, 3.8) is 0 Å². The van der Waals surface area contributed by atoms with Gasteiger partial charge in [0.05, 0.1) is 16.8 Å². The van der Waals surface area contributed by atoms with E-state index in [1.165, 1.54) is 44.5 Å². The minimum absolute atomic E-state index is 0. The molecule has 5 heterocycles. The first-order valence-corrected chi connectivity index (χ1v) is 17.1. The number of fused-ring (bicyclic) bond motifs is 12. The molecule has 0 amide bonds. The molecule has 52 heavy (non-hydrogen) atoms. The molecule has 0 fully saturated rings. The Labute approximate surface area is 314 Å². The van der Waals surface area contributed by atoms with Crippen LogP contribution in [0.15, 0.2) is 116 Å². The fraction of sp³-hybridized carbons (Fsp3) is 0.0889. The first-order chi connectivity index (χ1) is 25.0. The molecule has 0 saturated heterocycles. The van der Waals surface area contributed by atoms with Crippen molar-refractivity contribution in [1.82, 2.24) is 23.8 Å². The number of rotatable bonds is 4. The van der Waals surface area contributed by atoms with Gasteiger partial charge in [0.25, 0.3) is 0 Å². The van der Waals surface area contributed by atoms with Gasteiger partial charge < -0.3 is 13.5 Å². The number of hydrogen-bond acceptors (Lipinski definition) is 4. The van der Waals surface area contributed by atoms with Crippen molar-refractivity contribution >= 4 is 54.6 Å². The zero-order valence-corrected chi connectivity index (χ0v) is 31.2. The number of nitrogens with zero attached hydrogens (tertiary/aromatic N) is 5. The third-order valence-electron chi connectivity index (χ3n) is 10.3. The Bertz CT molecular complexity index is 3030. The van der Waals surface area contributed by atoms with Gasteiger partial charge >= 0.3 is 21.1 Å². The normalized spacial score (nSPS) is 11.7. The molecular formula is C45H31N5OPt. The van der Waals surface area contributed by atoms with E-state index in [4.69, 9.17) is 9.72 Å². The molecule has 5 aromatic heterocycles. The summed E-state index contributed by atoms with van der Waals surface area (Å²) in [5.41, 5.74) is 13.6. The van der Waals surface area contributed by atoms with Crippen molar-refractivity contribution in [2.45, 2.75) is 27.7 Å². The van der Waals surface area contributed by atoms with Gasteiger partial charge in [0, 0.05) is 59.8 Å². The molecule has 6 nitrogen and oxygen atoms in total. The molecule has 0 saturated carbocycles. The van der Waals surface area contributed by atoms with Crippen LogP contribution in [0.3, 0.4) is 0 Å². The second-order valence-corrected chi connectivity index (χ2v) is 13.4. The van der Waals surface area contributed by atoms with Crippen LogP contribution in [-0.2, 0) is 21.1 Å². The fourth-order valence-corrected chi connectivity index (χ4v) is 8.13. The Morgan fingerprint density at radius 3 is 1.79 bits per heavy atom.